The average molecular weight is 439 g/mol. The highest BCUT2D eigenvalue weighted by Crippen LogP contribution is 2.43. The van der Waals surface area contributed by atoms with Gasteiger partial charge in [0.25, 0.3) is 0 Å². The first kappa shape index (κ1) is 21.2. The summed E-state index contributed by atoms with van der Waals surface area (Å²) < 4.78 is 23.9. The zero-order valence-electron chi connectivity index (χ0n) is 18.6. The second kappa shape index (κ2) is 7.89. The lowest BCUT2D eigenvalue weighted by Gasteiger charge is -2.25. The van der Waals surface area contributed by atoms with E-state index in [4.69, 9.17) is 31.2 Å². The highest BCUT2D eigenvalue weighted by molar-refractivity contribution is 7.71. The van der Waals surface area contributed by atoms with Crippen LogP contribution in [-0.2, 0) is 6.42 Å². The summed E-state index contributed by atoms with van der Waals surface area (Å²) in [5, 5.41) is 0. The smallest absolute Gasteiger partial charge is 0.205 e. The van der Waals surface area contributed by atoms with Crippen molar-refractivity contribution in [3.8, 4) is 40.3 Å². The first-order valence-electron chi connectivity index (χ1n) is 10.0. The summed E-state index contributed by atoms with van der Waals surface area (Å²) in [6.45, 7) is 7.97. The van der Waals surface area contributed by atoms with Crippen molar-refractivity contribution in [1.82, 2.24) is 9.97 Å². The van der Waals surface area contributed by atoms with E-state index in [1.54, 1.807) is 14.2 Å². The van der Waals surface area contributed by atoms with Gasteiger partial charge in [-0.25, -0.2) is 4.98 Å². The van der Waals surface area contributed by atoms with Gasteiger partial charge in [0.15, 0.2) is 11.5 Å². The summed E-state index contributed by atoms with van der Waals surface area (Å²) in [4.78, 5) is 7.93. The van der Waals surface area contributed by atoms with Gasteiger partial charge in [-0.15, -0.1) is 0 Å². The van der Waals surface area contributed by atoms with Gasteiger partial charge in [-0.2, -0.15) is 0 Å². The molecule has 0 saturated heterocycles. The summed E-state index contributed by atoms with van der Waals surface area (Å²) >= 11 is 5.61. The van der Waals surface area contributed by atoms with Gasteiger partial charge >= 0.3 is 0 Å². The maximum Gasteiger partial charge on any atom is 0.205 e. The number of nitrogens with zero attached hydrogens (tertiary/aromatic N) is 1. The first-order valence-corrected chi connectivity index (χ1v) is 10.5. The van der Waals surface area contributed by atoms with E-state index in [-0.39, 0.29) is 0 Å². The van der Waals surface area contributed by atoms with Crippen molar-refractivity contribution >= 4 is 12.2 Å². The quantitative estimate of drug-likeness (QED) is 0.394. The number of aryl methyl sites for hydroxylation is 1. The average Bonchev–Trinajstić information content (AvgIpc) is 2.71. The molecule has 0 bridgehead atoms. The fourth-order valence-corrected chi connectivity index (χ4v) is 3.78. The number of hydrogen-bond donors (Lipinski definition) is 1. The van der Waals surface area contributed by atoms with Crippen LogP contribution >= 0.6 is 12.2 Å². The number of rotatable bonds is 4. The van der Waals surface area contributed by atoms with E-state index < -0.39 is 5.60 Å². The Bertz CT molecular complexity index is 1190. The van der Waals surface area contributed by atoms with E-state index in [0.717, 1.165) is 22.4 Å². The highest BCUT2D eigenvalue weighted by atomic mass is 32.1. The normalized spacial score (nSPS) is 12.5. The molecule has 0 unspecified atom stereocenters. The number of H-pyrrole nitrogens is 1. The lowest BCUT2D eigenvalue weighted by molar-refractivity contribution is 0.120. The molecule has 6 nitrogen and oxygen atoms in total. The zero-order chi connectivity index (χ0) is 22.3. The molecule has 7 heteroatoms. The summed E-state index contributed by atoms with van der Waals surface area (Å²) in [7, 11) is 3.19. The fourth-order valence-electron chi connectivity index (χ4n) is 3.53. The molecular formula is C24H26N2O4S. The minimum absolute atomic E-state index is 0.411. The summed E-state index contributed by atoms with van der Waals surface area (Å²) in [5.41, 5.74) is 3.51. The molecule has 1 N–H and O–H groups in total. The van der Waals surface area contributed by atoms with Crippen LogP contribution in [0.2, 0.25) is 0 Å². The van der Waals surface area contributed by atoms with Crippen LogP contribution in [-0.4, -0.2) is 29.8 Å². The first-order chi connectivity index (χ1) is 14.7. The SMILES string of the molecule is COc1cc(-c2nc(=S)c3c([nH]2)Oc2ccc(C)cc2C3)cc(OC)c1OC(C)(C)C. The third kappa shape index (κ3) is 4.23. The third-order valence-corrected chi connectivity index (χ3v) is 5.25. The van der Waals surface area contributed by atoms with Crippen LogP contribution in [0.15, 0.2) is 30.3 Å². The Morgan fingerprint density at radius 2 is 1.74 bits per heavy atom. The van der Waals surface area contributed by atoms with Crippen molar-refractivity contribution in [3.05, 3.63) is 51.7 Å². The van der Waals surface area contributed by atoms with Crippen LogP contribution in [0.25, 0.3) is 11.4 Å². The Kier molecular flexibility index (Phi) is 5.39. The Morgan fingerprint density at radius 1 is 1.06 bits per heavy atom. The maximum absolute atomic E-state index is 6.13. The molecule has 4 rings (SSSR count). The number of nitrogens with one attached hydrogen (secondary N) is 1. The van der Waals surface area contributed by atoms with E-state index in [1.807, 2.05) is 45.0 Å². The number of fused-ring (bicyclic) bond motifs is 2. The van der Waals surface area contributed by atoms with Crippen molar-refractivity contribution in [3.63, 3.8) is 0 Å². The predicted octanol–water partition coefficient (Wildman–Crippen LogP) is 6.01. The lowest BCUT2D eigenvalue weighted by atomic mass is 10.0. The molecule has 3 aromatic rings. The topological polar surface area (TPSA) is 65.6 Å². The van der Waals surface area contributed by atoms with Gasteiger partial charge in [0.2, 0.25) is 11.6 Å². The van der Waals surface area contributed by atoms with E-state index in [1.165, 1.54) is 5.56 Å². The number of ether oxygens (including phenoxy) is 4. The number of aromatic amines is 1. The van der Waals surface area contributed by atoms with E-state index in [0.29, 0.717) is 40.0 Å². The molecule has 2 aromatic carbocycles. The van der Waals surface area contributed by atoms with Crippen molar-refractivity contribution in [2.24, 2.45) is 0 Å². The van der Waals surface area contributed by atoms with E-state index in [9.17, 15) is 0 Å². The number of methoxy groups -OCH3 is 2. The van der Waals surface area contributed by atoms with Gasteiger partial charge in [-0.05, 0) is 51.5 Å². The van der Waals surface area contributed by atoms with Gasteiger partial charge < -0.3 is 23.9 Å². The molecule has 0 atom stereocenters. The van der Waals surface area contributed by atoms with Crippen LogP contribution < -0.4 is 18.9 Å². The maximum atomic E-state index is 6.13. The Balaban J connectivity index is 1.79. The van der Waals surface area contributed by atoms with Crippen molar-refractivity contribution in [2.75, 3.05) is 14.2 Å². The molecule has 0 spiro atoms. The van der Waals surface area contributed by atoms with Crippen LogP contribution in [0.4, 0.5) is 0 Å². The molecule has 31 heavy (non-hydrogen) atoms. The second-order valence-corrected chi connectivity index (χ2v) is 8.90. The van der Waals surface area contributed by atoms with Crippen molar-refractivity contribution in [1.29, 1.82) is 0 Å². The van der Waals surface area contributed by atoms with Crippen LogP contribution in [0.1, 0.15) is 37.5 Å². The summed E-state index contributed by atoms with van der Waals surface area (Å²) in [6.07, 6.45) is 0.681. The van der Waals surface area contributed by atoms with Gasteiger partial charge in [-0.3, -0.25) is 0 Å². The summed E-state index contributed by atoms with van der Waals surface area (Å²) in [5.74, 6) is 3.63. The number of hydrogen-bond acceptors (Lipinski definition) is 6. The molecule has 0 aliphatic carbocycles. The van der Waals surface area contributed by atoms with Gasteiger partial charge in [-0.1, -0.05) is 29.9 Å². The molecule has 2 heterocycles. The molecule has 0 amide bonds. The molecule has 1 aromatic heterocycles. The molecular weight excluding hydrogens is 412 g/mol. The molecule has 0 radical (unpaired) electrons. The zero-order valence-corrected chi connectivity index (χ0v) is 19.4. The number of aromatic nitrogens is 2. The molecule has 0 fully saturated rings. The largest absolute Gasteiger partial charge is 0.493 e. The second-order valence-electron chi connectivity index (χ2n) is 8.51. The standard InChI is InChI=1S/C24H26N2O4S/c1-13-7-8-17-14(9-13)10-16-22(29-17)25-21(26-23(16)31)15-11-18(27-5)20(19(12-15)28-6)30-24(2,3)4/h7-9,11-12H,10H2,1-6H3,(H,25,26,31). The lowest BCUT2D eigenvalue weighted by Crippen LogP contribution is -2.23. The fraction of sp³-hybridized carbons (Fsp3) is 0.333. The highest BCUT2D eigenvalue weighted by Gasteiger charge is 2.24. The minimum Gasteiger partial charge on any atom is -0.493 e. The number of benzene rings is 2. The molecule has 0 saturated carbocycles. The summed E-state index contributed by atoms with van der Waals surface area (Å²) in [6, 6.07) is 9.83. The van der Waals surface area contributed by atoms with Crippen molar-refractivity contribution in [2.45, 2.75) is 39.7 Å². The van der Waals surface area contributed by atoms with E-state index >= 15 is 0 Å². The van der Waals surface area contributed by atoms with Crippen LogP contribution in [0, 0.1) is 11.6 Å². The van der Waals surface area contributed by atoms with Crippen molar-refractivity contribution < 1.29 is 18.9 Å². The molecule has 1 aliphatic heterocycles. The monoisotopic (exact) mass is 438 g/mol. The Labute approximate surface area is 187 Å². The molecule has 162 valence electrons. The predicted molar refractivity (Wildman–Crippen MR) is 122 cm³/mol. The Hall–Kier alpha value is -3.06. The minimum atomic E-state index is -0.411. The van der Waals surface area contributed by atoms with Gasteiger partial charge in [0.05, 0.1) is 19.8 Å². The van der Waals surface area contributed by atoms with Gasteiger partial charge in [0.1, 0.15) is 21.8 Å². The third-order valence-electron chi connectivity index (χ3n) is 4.92. The van der Waals surface area contributed by atoms with E-state index in [2.05, 4.69) is 23.0 Å². The Morgan fingerprint density at radius 3 is 2.35 bits per heavy atom. The van der Waals surface area contributed by atoms with Crippen LogP contribution in [0.3, 0.4) is 0 Å². The van der Waals surface area contributed by atoms with Crippen LogP contribution in [0.5, 0.6) is 28.9 Å². The van der Waals surface area contributed by atoms with Gasteiger partial charge in [0, 0.05) is 12.0 Å². The molecule has 1 aliphatic rings.